The number of rotatable bonds is 5. The molecule has 1 amide bonds. The summed E-state index contributed by atoms with van der Waals surface area (Å²) in [5.41, 5.74) is 1.15. The molecule has 2 atom stereocenters. The van der Waals surface area contributed by atoms with Gasteiger partial charge >= 0.3 is 6.61 Å². The van der Waals surface area contributed by atoms with E-state index in [0.717, 1.165) is 6.20 Å². The van der Waals surface area contributed by atoms with Crippen molar-refractivity contribution in [2.24, 2.45) is 7.05 Å². The number of hydrogen-bond acceptors (Lipinski definition) is 7. The number of carbonyl (C=O) groups excluding carboxylic acids is 1. The average molecular weight is 482 g/mol. The van der Waals surface area contributed by atoms with Gasteiger partial charge < -0.3 is 10.1 Å². The SMILES string of the molecule is Cn1ccc([C@@]2(C)C[C@@H](C(=O)Nc3cnc(OC(F)F)c(C#N)c3)c3cnc4cc(F)nn4c32)n1. The second kappa shape index (κ2) is 8.08. The number of hydrogen-bond donors (Lipinski definition) is 1. The molecule has 0 spiro atoms. The van der Waals surface area contributed by atoms with Gasteiger partial charge in [-0.25, -0.2) is 14.5 Å². The molecule has 0 aromatic carbocycles. The zero-order chi connectivity index (χ0) is 24.9. The van der Waals surface area contributed by atoms with Gasteiger partial charge in [0.25, 0.3) is 0 Å². The van der Waals surface area contributed by atoms with E-state index >= 15 is 0 Å². The van der Waals surface area contributed by atoms with Crippen LogP contribution in [0.15, 0.2) is 36.8 Å². The first-order valence-electron chi connectivity index (χ1n) is 10.4. The summed E-state index contributed by atoms with van der Waals surface area (Å²) in [5, 5.41) is 20.4. The predicted molar refractivity (Wildman–Crippen MR) is 114 cm³/mol. The van der Waals surface area contributed by atoms with E-state index in [1.54, 1.807) is 24.0 Å². The summed E-state index contributed by atoms with van der Waals surface area (Å²) in [7, 11) is 1.77. The number of carbonyl (C=O) groups is 1. The lowest BCUT2D eigenvalue weighted by molar-refractivity contribution is -0.117. The number of pyridine rings is 1. The predicted octanol–water partition coefficient (Wildman–Crippen LogP) is 2.90. The van der Waals surface area contributed by atoms with Crippen molar-refractivity contribution < 1.29 is 22.7 Å². The zero-order valence-corrected chi connectivity index (χ0v) is 18.4. The van der Waals surface area contributed by atoms with E-state index in [9.17, 15) is 23.2 Å². The number of aromatic nitrogens is 6. The van der Waals surface area contributed by atoms with Gasteiger partial charge in [0.2, 0.25) is 17.7 Å². The molecule has 10 nitrogen and oxygen atoms in total. The Labute approximate surface area is 196 Å². The van der Waals surface area contributed by atoms with Crippen LogP contribution >= 0.6 is 0 Å². The molecule has 0 fully saturated rings. The monoisotopic (exact) mass is 482 g/mol. The topological polar surface area (TPSA) is 123 Å². The van der Waals surface area contributed by atoms with Crippen molar-refractivity contribution in [3.05, 3.63) is 65.3 Å². The second-order valence-corrected chi connectivity index (χ2v) is 8.32. The Balaban J connectivity index is 1.54. The van der Waals surface area contributed by atoms with Crippen LogP contribution in [0.1, 0.15) is 41.8 Å². The lowest BCUT2D eigenvalue weighted by Crippen LogP contribution is -2.26. The molecule has 178 valence electrons. The standard InChI is InChI=1S/C22H17F3N8O2/c1-22(15-3-4-32(2)30-15)7-13(14-10-27-17-6-16(23)31-33(17)18(14)22)19(34)29-12-5-11(8-26)20(28-9-12)35-21(24)25/h3-6,9-10,13,21H,7H2,1-2H3,(H,29,34)/t13-,22-/m1/s1. The van der Waals surface area contributed by atoms with E-state index in [4.69, 9.17) is 0 Å². The fourth-order valence-corrected chi connectivity index (χ4v) is 4.52. The molecule has 0 aliphatic heterocycles. The highest BCUT2D eigenvalue weighted by Crippen LogP contribution is 2.49. The van der Waals surface area contributed by atoms with E-state index in [2.05, 4.69) is 30.2 Å². The number of amides is 1. The maximum absolute atomic E-state index is 14.0. The number of anilines is 1. The highest BCUT2D eigenvalue weighted by Gasteiger charge is 2.48. The number of nitrogens with one attached hydrogen (secondary N) is 1. The fraction of sp³-hybridized carbons (Fsp3) is 0.273. The van der Waals surface area contributed by atoms with E-state index in [-0.39, 0.29) is 17.7 Å². The number of fused-ring (bicyclic) bond motifs is 3. The minimum Gasteiger partial charge on any atom is -0.415 e. The number of alkyl halides is 2. The van der Waals surface area contributed by atoms with Gasteiger partial charge in [0.05, 0.1) is 34.6 Å². The molecule has 0 saturated carbocycles. The zero-order valence-electron chi connectivity index (χ0n) is 18.4. The maximum atomic E-state index is 14.0. The lowest BCUT2D eigenvalue weighted by atomic mass is 9.82. The van der Waals surface area contributed by atoms with Crippen molar-refractivity contribution in [3.63, 3.8) is 0 Å². The van der Waals surface area contributed by atoms with E-state index in [1.165, 1.54) is 22.8 Å². The van der Waals surface area contributed by atoms with Gasteiger partial charge in [-0.15, -0.1) is 5.10 Å². The smallest absolute Gasteiger partial charge is 0.388 e. The van der Waals surface area contributed by atoms with Crippen LogP contribution in [0, 0.1) is 17.3 Å². The third-order valence-electron chi connectivity index (χ3n) is 6.03. The maximum Gasteiger partial charge on any atom is 0.388 e. The van der Waals surface area contributed by atoms with Crippen molar-refractivity contribution in [1.29, 1.82) is 5.26 Å². The molecule has 35 heavy (non-hydrogen) atoms. The normalized spacial score (nSPS) is 19.1. The molecule has 4 aromatic rings. The van der Waals surface area contributed by atoms with E-state index in [0.29, 0.717) is 22.6 Å². The third-order valence-corrected chi connectivity index (χ3v) is 6.03. The van der Waals surface area contributed by atoms with Gasteiger partial charge in [-0.1, -0.05) is 0 Å². The Bertz CT molecular complexity index is 1510. The Hall–Kier alpha value is -4.47. The minimum absolute atomic E-state index is 0.125. The van der Waals surface area contributed by atoms with Gasteiger partial charge in [0.15, 0.2) is 5.65 Å². The van der Waals surface area contributed by atoms with Crippen molar-refractivity contribution >= 4 is 17.2 Å². The number of aryl methyl sites for hydroxylation is 1. The average Bonchev–Trinajstić information content (AvgIpc) is 3.49. The van der Waals surface area contributed by atoms with Crippen LogP contribution in [0.5, 0.6) is 5.88 Å². The van der Waals surface area contributed by atoms with E-state index < -0.39 is 35.7 Å². The molecule has 13 heteroatoms. The highest BCUT2D eigenvalue weighted by atomic mass is 19.3. The van der Waals surface area contributed by atoms with Crippen molar-refractivity contribution in [2.45, 2.75) is 31.3 Å². The second-order valence-electron chi connectivity index (χ2n) is 8.32. The number of halogens is 3. The molecular formula is C22H17F3N8O2. The molecule has 0 unspecified atom stereocenters. The van der Waals surface area contributed by atoms with Crippen LogP contribution in [-0.2, 0) is 17.3 Å². The third kappa shape index (κ3) is 3.72. The number of nitrogens with zero attached hydrogens (tertiary/aromatic N) is 7. The summed E-state index contributed by atoms with van der Waals surface area (Å²) in [6, 6.07) is 5.93. The van der Waals surface area contributed by atoms with Crippen molar-refractivity contribution in [3.8, 4) is 11.9 Å². The summed E-state index contributed by atoms with van der Waals surface area (Å²) < 4.78 is 46.3. The fourth-order valence-electron chi connectivity index (χ4n) is 4.52. The first-order chi connectivity index (χ1) is 16.7. The summed E-state index contributed by atoms with van der Waals surface area (Å²) in [4.78, 5) is 21.3. The lowest BCUT2D eigenvalue weighted by Gasteiger charge is -2.23. The first kappa shape index (κ1) is 22.3. The van der Waals surface area contributed by atoms with Crippen LogP contribution in [-0.4, -0.2) is 41.9 Å². The summed E-state index contributed by atoms with van der Waals surface area (Å²) >= 11 is 0. The Kier molecular flexibility index (Phi) is 5.16. The van der Waals surface area contributed by atoms with Crippen LogP contribution in [0.2, 0.25) is 0 Å². The summed E-state index contributed by atoms with van der Waals surface area (Å²) in [5.74, 6) is -2.43. The Morgan fingerprint density at radius 1 is 1.31 bits per heavy atom. The van der Waals surface area contributed by atoms with Crippen LogP contribution in [0.3, 0.4) is 0 Å². The number of ether oxygens (including phenoxy) is 1. The molecule has 1 aliphatic carbocycles. The minimum atomic E-state index is -3.15. The van der Waals surface area contributed by atoms with Gasteiger partial charge in [0.1, 0.15) is 11.6 Å². The van der Waals surface area contributed by atoms with Crippen LogP contribution in [0.4, 0.5) is 18.9 Å². The first-order valence-corrected chi connectivity index (χ1v) is 10.4. The van der Waals surface area contributed by atoms with E-state index in [1.807, 2.05) is 13.0 Å². The van der Waals surface area contributed by atoms with Crippen molar-refractivity contribution in [1.82, 2.24) is 29.4 Å². The summed E-state index contributed by atoms with van der Waals surface area (Å²) in [6.07, 6.45) is 4.68. The molecular weight excluding hydrogens is 465 g/mol. The quantitative estimate of drug-likeness (QED) is 0.464. The number of nitriles is 1. The molecule has 0 bridgehead atoms. The van der Waals surface area contributed by atoms with Crippen LogP contribution < -0.4 is 10.1 Å². The molecule has 1 aliphatic rings. The molecule has 4 aromatic heterocycles. The Morgan fingerprint density at radius 3 is 2.80 bits per heavy atom. The molecule has 1 N–H and O–H groups in total. The largest absolute Gasteiger partial charge is 0.415 e. The molecule has 5 rings (SSSR count). The van der Waals surface area contributed by atoms with Gasteiger partial charge in [-0.05, 0) is 25.5 Å². The van der Waals surface area contributed by atoms with Gasteiger partial charge in [-0.3, -0.25) is 9.48 Å². The van der Waals surface area contributed by atoms with Gasteiger partial charge in [0, 0.05) is 31.1 Å². The van der Waals surface area contributed by atoms with Gasteiger partial charge in [-0.2, -0.15) is 23.5 Å². The Morgan fingerprint density at radius 2 is 2.11 bits per heavy atom. The molecule has 0 radical (unpaired) electrons. The van der Waals surface area contributed by atoms with Crippen LogP contribution in [0.25, 0.3) is 5.65 Å². The van der Waals surface area contributed by atoms with Crippen molar-refractivity contribution in [2.75, 3.05) is 5.32 Å². The molecule has 0 saturated heterocycles. The molecule has 4 heterocycles. The summed E-state index contributed by atoms with van der Waals surface area (Å²) in [6.45, 7) is -1.25. The highest BCUT2D eigenvalue weighted by molar-refractivity contribution is 5.97.